The summed E-state index contributed by atoms with van der Waals surface area (Å²) >= 11 is 0. The van der Waals surface area contributed by atoms with Crippen molar-refractivity contribution in [2.75, 3.05) is 0 Å². The first-order valence-corrected chi connectivity index (χ1v) is 5.81. The van der Waals surface area contributed by atoms with E-state index < -0.39 is 11.5 Å². The van der Waals surface area contributed by atoms with Crippen LogP contribution in [0.25, 0.3) is 0 Å². The molecule has 0 spiro atoms. The van der Waals surface area contributed by atoms with Crippen LogP contribution >= 0.6 is 0 Å². The van der Waals surface area contributed by atoms with E-state index in [1.54, 1.807) is 10.6 Å². The highest BCUT2D eigenvalue weighted by Gasteiger charge is 2.16. The van der Waals surface area contributed by atoms with Crippen LogP contribution in [0.1, 0.15) is 49.7 Å². The molecule has 0 saturated heterocycles. The highest BCUT2D eigenvalue weighted by atomic mass is 16.4. The maximum Gasteiger partial charge on any atom is 0.341 e. The molecule has 4 heteroatoms. The second-order valence-electron chi connectivity index (χ2n) is 4.94. The van der Waals surface area contributed by atoms with Gasteiger partial charge < -0.3 is 9.67 Å². The summed E-state index contributed by atoms with van der Waals surface area (Å²) in [6.45, 7) is 8.54. The quantitative estimate of drug-likeness (QED) is 0.874. The van der Waals surface area contributed by atoms with Gasteiger partial charge >= 0.3 is 5.97 Å². The van der Waals surface area contributed by atoms with Gasteiger partial charge in [-0.2, -0.15) is 0 Å². The summed E-state index contributed by atoms with van der Waals surface area (Å²) in [5.74, 6) is -0.665. The van der Waals surface area contributed by atoms with E-state index in [4.69, 9.17) is 5.11 Å². The minimum Gasteiger partial charge on any atom is -0.477 e. The Morgan fingerprint density at radius 3 is 2.29 bits per heavy atom. The van der Waals surface area contributed by atoms with Gasteiger partial charge in [-0.15, -0.1) is 0 Å². The summed E-state index contributed by atoms with van der Waals surface area (Å²) in [6, 6.07) is 3.13. The molecule has 1 N–H and O–H groups in total. The van der Waals surface area contributed by atoms with E-state index >= 15 is 0 Å². The van der Waals surface area contributed by atoms with Crippen LogP contribution in [-0.4, -0.2) is 15.6 Å². The van der Waals surface area contributed by atoms with Crippen molar-refractivity contribution in [1.82, 2.24) is 4.57 Å². The third-order valence-electron chi connectivity index (χ3n) is 2.58. The van der Waals surface area contributed by atoms with Gasteiger partial charge in [0.2, 0.25) is 0 Å². The van der Waals surface area contributed by atoms with Gasteiger partial charge in [0.15, 0.2) is 0 Å². The summed E-state index contributed by atoms with van der Waals surface area (Å²) in [4.78, 5) is 23.0. The molecule has 0 aliphatic rings. The van der Waals surface area contributed by atoms with Gasteiger partial charge in [-0.25, -0.2) is 4.79 Å². The van der Waals surface area contributed by atoms with Gasteiger partial charge in [-0.05, 0) is 24.0 Å². The second kappa shape index (κ2) is 5.17. The zero-order chi connectivity index (χ0) is 13.2. The predicted molar refractivity (Wildman–Crippen MR) is 66.6 cm³/mol. The van der Waals surface area contributed by atoms with Crippen LogP contribution in [-0.2, 0) is 6.54 Å². The molecule has 17 heavy (non-hydrogen) atoms. The highest BCUT2D eigenvalue weighted by molar-refractivity contribution is 5.87. The molecule has 0 fully saturated rings. The van der Waals surface area contributed by atoms with Crippen molar-refractivity contribution >= 4 is 5.97 Å². The molecule has 0 aromatic carbocycles. The molecule has 1 aromatic rings. The van der Waals surface area contributed by atoms with Crippen LogP contribution in [0.3, 0.4) is 0 Å². The summed E-state index contributed by atoms with van der Waals surface area (Å²) in [5.41, 5.74) is 0.321. The second-order valence-corrected chi connectivity index (χ2v) is 4.94. The number of rotatable bonds is 4. The molecular weight excluding hydrogens is 218 g/mol. The topological polar surface area (TPSA) is 59.3 Å². The molecule has 0 amide bonds. The zero-order valence-corrected chi connectivity index (χ0v) is 10.7. The number of aromatic carboxylic acids is 1. The molecule has 94 valence electrons. The molecule has 1 aromatic heterocycles. The molecule has 0 bridgehead atoms. The Hall–Kier alpha value is -1.58. The maximum atomic E-state index is 12.1. The molecule has 0 aliphatic carbocycles. The molecule has 0 radical (unpaired) electrons. The van der Waals surface area contributed by atoms with E-state index in [0.717, 1.165) is 5.69 Å². The van der Waals surface area contributed by atoms with E-state index in [9.17, 15) is 9.59 Å². The third-order valence-corrected chi connectivity index (χ3v) is 2.58. The van der Waals surface area contributed by atoms with Crippen molar-refractivity contribution < 1.29 is 9.90 Å². The van der Waals surface area contributed by atoms with Crippen LogP contribution in [0.5, 0.6) is 0 Å². The number of pyridine rings is 1. The van der Waals surface area contributed by atoms with Crippen molar-refractivity contribution in [3.63, 3.8) is 0 Å². The third kappa shape index (κ3) is 2.96. The van der Waals surface area contributed by atoms with Crippen LogP contribution in [0.4, 0.5) is 0 Å². The van der Waals surface area contributed by atoms with Crippen LogP contribution in [0.15, 0.2) is 16.9 Å². The van der Waals surface area contributed by atoms with Gasteiger partial charge in [0.25, 0.3) is 5.56 Å². The van der Waals surface area contributed by atoms with Crippen molar-refractivity contribution in [2.45, 2.75) is 40.2 Å². The smallest absolute Gasteiger partial charge is 0.341 e. The minimum absolute atomic E-state index is 0.157. The number of aromatic nitrogens is 1. The Labute approximate surface area is 101 Å². The van der Waals surface area contributed by atoms with E-state index in [2.05, 4.69) is 0 Å². The number of carboxylic acid groups (broad SMARTS) is 1. The lowest BCUT2D eigenvalue weighted by Gasteiger charge is -2.17. The molecule has 4 nitrogen and oxygen atoms in total. The summed E-state index contributed by atoms with van der Waals surface area (Å²) < 4.78 is 1.58. The Bertz CT molecular complexity index is 472. The zero-order valence-electron chi connectivity index (χ0n) is 10.7. The normalized spacial score (nSPS) is 11.2. The lowest BCUT2D eigenvalue weighted by atomic mass is 10.1. The number of carbonyl (C=O) groups is 1. The van der Waals surface area contributed by atoms with Crippen molar-refractivity contribution in [2.24, 2.45) is 5.92 Å². The molecule has 1 rings (SSSR count). The van der Waals surface area contributed by atoms with Gasteiger partial charge in [-0.1, -0.05) is 27.7 Å². The van der Waals surface area contributed by atoms with Crippen LogP contribution in [0.2, 0.25) is 0 Å². The van der Waals surface area contributed by atoms with E-state index in [0.29, 0.717) is 12.5 Å². The maximum absolute atomic E-state index is 12.1. The molecule has 0 saturated carbocycles. The highest BCUT2D eigenvalue weighted by Crippen LogP contribution is 2.14. The van der Waals surface area contributed by atoms with Crippen LogP contribution in [0, 0.1) is 5.92 Å². The lowest BCUT2D eigenvalue weighted by molar-refractivity contribution is 0.0694. The summed E-state index contributed by atoms with van der Waals surface area (Å²) in [5, 5.41) is 8.94. The lowest BCUT2D eigenvalue weighted by Crippen LogP contribution is -2.30. The van der Waals surface area contributed by atoms with Crippen molar-refractivity contribution in [3.8, 4) is 0 Å². The fraction of sp³-hybridized carbons (Fsp3) is 0.538. The Morgan fingerprint density at radius 1 is 1.29 bits per heavy atom. The first-order valence-electron chi connectivity index (χ1n) is 5.81. The fourth-order valence-electron chi connectivity index (χ4n) is 1.81. The number of hydrogen-bond donors (Lipinski definition) is 1. The van der Waals surface area contributed by atoms with Crippen molar-refractivity contribution in [3.05, 3.63) is 33.7 Å². The molecule has 0 unspecified atom stereocenters. The Kier molecular flexibility index (Phi) is 4.10. The number of carboxylic acids is 1. The van der Waals surface area contributed by atoms with E-state index in [-0.39, 0.29) is 11.5 Å². The average molecular weight is 237 g/mol. The summed E-state index contributed by atoms with van der Waals surface area (Å²) in [7, 11) is 0. The van der Waals surface area contributed by atoms with Crippen LogP contribution < -0.4 is 5.56 Å². The largest absolute Gasteiger partial charge is 0.477 e. The fourth-order valence-corrected chi connectivity index (χ4v) is 1.81. The Balaban J connectivity index is 3.42. The molecular formula is C13H19NO3. The number of nitrogens with zero attached hydrogens (tertiary/aromatic N) is 1. The molecule has 1 heterocycles. The van der Waals surface area contributed by atoms with Gasteiger partial charge in [0.05, 0.1) is 0 Å². The van der Waals surface area contributed by atoms with Gasteiger partial charge in [-0.3, -0.25) is 4.79 Å². The first-order chi connectivity index (χ1) is 7.84. The van der Waals surface area contributed by atoms with Gasteiger partial charge in [0.1, 0.15) is 5.56 Å². The molecule has 0 aliphatic heterocycles. The minimum atomic E-state index is -1.16. The standard InChI is InChI=1S/C13H19NO3/c1-8(2)7-14-11(9(3)4)6-5-10(12(14)15)13(16)17/h5-6,8-9H,7H2,1-4H3,(H,16,17). The van der Waals surface area contributed by atoms with Gasteiger partial charge in [0, 0.05) is 12.2 Å². The Morgan fingerprint density at radius 2 is 1.88 bits per heavy atom. The monoisotopic (exact) mass is 237 g/mol. The number of hydrogen-bond acceptors (Lipinski definition) is 2. The van der Waals surface area contributed by atoms with E-state index in [1.165, 1.54) is 6.07 Å². The molecule has 0 atom stereocenters. The SMILES string of the molecule is CC(C)Cn1c(C(C)C)ccc(C(=O)O)c1=O. The average Bonchev–Trinajstić information content (AvgIpc) is 2.19. The summed E-state index contributed by atoms with van der Waals surface area (Å²) in [6.07, 6.45) is 0. The first kappa shape index (κ1) is 13.5. The van der Waals surface area contributed by atoms with Crippen molar-refractivity contribution in [1.29, 1.82) is 0 Å². The van der Waals surface area contributed by atoms with E-state index in [1.807, 2.05) is 27.7 Å². The predicted octanol–water partition coefficient (Wildman–Crippen LogP) is 2.33.